The number of hydrogen-bond acceptors (Lipinski definition) is 2. The summed E-state index contributed by atoms with van der Waals surface area (Å²) in [5.74, 6) is 0. The summed E-state index contributed by atoms with van der Waals surface area (Å²) in [5, 5.41) is -0.625. The van der Waals surface area contributed by atoms with Gasteiger partial charge >= 0.3 is 0 Å². The highest BCUT2D eigenvalue weighted by molar-refractivity contribution is 7.89. The molecule has 3 nitrogen and oxygen atoms in total. The van der Waals surface area contributed by atoms with Crippen LogP contribution in [0.1, 0.15) is 21.9 Å². The third-order valence-corrected chi connectivity index (χ3v) is 5.86. The maximum atomic E-state index is 13.0. The van der Waals surface area contributed by atoms with Gasteiger partial charge in [-0.25, -0.2) is 13.1 Å². The summed E-state index contributed by atoms with van der Waals surface area (Å²) in [4.78, 5) is 0. The molecule has 1 N–H and O–H groups in total. The van der Waals surface area contributed by atoms with E-state index < -0.39 is 15.3 Å². The molecule has 1 atom stereocenters. The standard InChI is InChI=1S/C21H21NO2S/c23-25(24,22-17-19-12-6-2-7-13-19)21(20-14-8-3-9-15-20)16-18-10-4-1-5-11-18/h1-15,21-22H,16-17H2/t21-/m1/s1. The monoisotopic (exact) mass is 351 g/mol. The van der Waals surface area contributed by atoms with Crippen molar-refractivity contribution >= 4 is 10.0 Å². The minimum absolute atomic E-state index is 0.293. The first-order valence-electron chi connectivity index (χ1n) is 8.26. The molecule has 0 saturated heterocycles. The maximum absolute atomic E-state index is 13.0. The van der Waals surface area contributed by atoms with Crippen molar-refractivity contribution < 1.29 is 8.42 Å². The van der Waals surface area contributed by atoms with Crippen molar-refractivity contribution in [3.8, 4) is 0 Å². The molecular weight excluding hydrogens is 330 g/mol. The second-order valence-electron chi connectivity index (χ2n) is 5.94. The van der Waals surface area contributed by atoms with Crippen molar-refractivity contribution in [3.63, 3.8) is 0 Å². The molecule has 0 bridgehead atoms. The molecule has 0 aliphatic heterocycles. The lowest BCUT2D eigenvalue weighted by molar-refractivity contribution is 0.565. The van der Waals surface area contributed by atoms with E-state index in [1.807, 2.05) is 91.0 Å². The van der Waals surface area contributed by atoms with Gasteiger partial charge in [0, 0.05) is 6.54 Å². The largest absolute Gasteiger partial charge is 0.219 e. The van der Waals surface area contributed by atoms with E-state index in [0.717, 1.165) is 16.7 Å². The Balaban J connectivity index is 1.85. The Morgan fingerprint density at radius 2 is 1.16 bits per heavy atom. The fraction of sp³-hybridized carbons (Fsp3) is 0.143. The molecule has 3 aromatic rings. The van der Waals surface area contributed by atoms with Crippen molar-refractivity contribution in [1.29, 1.82) is 0 Å². The molecule has 0 aliphatic rings. The molecule has 4 heteroatoms. The topological polar surface area (TPSA) is 46.2 Å². The predicted octanol–water partition coefficient (Wildman–Crippen LogP) is 4.09. The summed E-state index contributed by atoms with van der Waals surface area (Å²) in [6.07, 6.45) is 0.439. The number of hydrogen-bond donors (Lipinski definition) is 1. The zero-order chi connectivity index (χ0) is 17.5. The predicted molar refractivity (Wildman–Crippen MR) is 102 cm³/mol. The molecule has 0 saturated carbocycles. The van der Waals surface area contributed by atoms with Crippen LogP contribution < -0.4 is 4.72 Å². The van der Waals surface area contributed by atoms with Crippen LogP contribution in [0.2, 0.25) is 0 Å². The highest BCUT2D eigenvalue weighted by Crippen LogP contribution is 2.26. The van der Waals surface area contributed by atoms with Crippen LogP contribution in [0.5, 0.6) is 0 Å². The van der Waals surface area contributed by atoms with Gasteiger partial charge < -0.3 is 0 Å². The number of sulfonamides is 1. The molecule has 0 spiro atoms. The molecule has 0 fully saturated rings. The van der Waals surface area contributed by atoms with Crippen LogP contribution in [0.3, 0.4) is 0 Å². The highest BCUT2D eigenvalue weighted by atomic mass is 32.2. The summed E-state index contributed by atoms with van der Waals surface area (Å²) in [5.41, 5.74) is 2.74. The average molecular weight is 351 g/mol. The number of nitrogens with one attached hydrogen (secondary N) is 1. The molecule has 0 unspecified atom stereocenters. The van der Waals surface area contributed by atoms with Gasteiger partial charge in [-0.3, -0.25) is 0 Å². The molecule has 0 radical (unpaired) electrons. The first-order valence-corrected chi connectivity index (χ1v) is 9.81. The van der Waals surface area contributed by atoms with Gasteiger partial charge in [0.15, 0.2) is 0 Å². The Kier molecular flexibility index (Phi) is 5.64. The Labute approximate surface area is 149 Å². The summed E-state index contributed by atoms with van der Waals surface area (Å²) >= 11 is 0. The van der Waals surface area contributed by atoms with Crippen LogP contribution >= 0.6 is 0 Å². The van der Waals surface area contributed by atoms with Gasteiger partial charge in [-0.05, 0) is 23.1 Å². The Morgan fingerprint density at radius 1 is 0.680 bits per heavy atom. The second kappa shape index (κ2) is 8.10. The Morgan fingerprint density at radius 3 is 1.72 bits per heavy atom. The minimum Gasteiger partial charge on any atom is -0.212 e. The Bertz CT molecular complexity index is 879. The molecule has 0 heterocycles. The van der Waals surface area contributed by atoms with E-state index in [2.05, 4.69) is 4.72 Å². The van der Waals surface area contributed by atoms with Gasteiger partial charge in [-0.1, -0.05) is 91.0 Å². The quantitative estimate of drug-likeness (QED) is 0.697. The first kappa shape index (κ1) is 17.4. The van der Waals surface area contributed by atoms with Crippen molar-refractivity contribution in [2.24, 2.45) is 0 Å². The van der Waals surface area contributed by atoms with Crippen LogP contribution in [-0.4, -0.2) is 8.42 Å². The zero-order valence-corrected chi connectivity index (χ0v) is 14.7. The van der Waals surface area contributed by atoms with Crippen LogP contribution in [0.4, 0.5) is 0 Å². The number of rotatable bonds is 7. The molecule has 0 aliphatic carbocycles. The summed E-state index contributed by atoms with van der Waals surface area (Å²) in [6, 6.07) is 28.7. The second-order valence-corrected chi connectivity index (χ2v) is 7.89. The van der Waals surface area contributed by atoms with E-state index in [9.17, 15) is 8.42 Å². The number of benzene rings is 3. The van der Waals surface area contributed by atoms with Crippen molar-refractivity contribution in [2.45, 2.75) is 18.2 Å². The summed E-state index contributed by atoms with van der Waals surface area (Å²) < 4.78 is 28.8. The minimum atomic E-state index is -3.52. The van der Waals surface area contributed by atoms with Crippen LogP contribution in [0, 0.1) is 0 Å². The lowest BCUT2D eigenvalue weighted by Gasteiger charge is -2.19. The zero-order valence-electron chi connectivity index (χ0n) is 13.9. The van der Waals surface area contributed by atoms with Gasteiger partial charge in [0.2, 0.25) is 10.0 Å². The lowest BCUT2D eigenvalue weighted by Crippen LogP contribution is -2.30. The van der Waals surface area contributed by atoms with Crippen LogP contribution in [0.15, 0.2) is 91.0 Å². The average Bonchev–Trinajstić information content (AvgIpc) is 2.67. The van der Waals surface area contributed by atoms with Gasteiger partial charge in [-0.2, -0.15) is 0 Å². The highest BCUT2D eigenvalue weighted by Gasteiger charge is 2.27. The Hall–Kier alpha value is -2.43. The third kappa shape index (κ3) is 4.78. The van der Waals surface area contributed by atoms with Crippen molar-refractivity contribution in [1.82, 2.24) is 4.72 Å². The lowest BCUT2D eigenvalue weighted by atomic mass is 10.0. The van der Waals surface area contributed by atoms with E-state index in [0.29, 0.717) is 13.0 Å². The maximum Gasteiger partial charge on any atom is 0.219 e. The summed E-state index contributed by atoms with van der Waals surface area (Å²) in [6.45, 7) is 0.293. The van der Waals surface area contributed by atoms with Crippen LogP contribution in [0.25, 0.3) is 0 Å². The van der Waals surface area contributed by atoms with E-state index in [-0.39, 0.29) is 0 Å². The smallest absolute Gasteiger partial charge is 0.212 e. The van der Waals surface area contributed by atoms with Gasteiger partial charge in [0.05, 0.1) is 0 Å². The normalized spacial score (nSPS) is 12.6. The van der Waals surface area contributed by atoms with E-state index in [1.165, 1.54) is 0 Å². The van der Waals surface area contributed by atoms with Crippen molar-refractivity contribution in [2.75, 3.05) is 0 Å². The first-order chi connectivity index (χ1) is 12.1. The van der Waals surface area contributed by atoms with Crippen molar-refractivity contribution in [3.05, 3.63) is 108 Å². The van der Waals surface area contributed by atoms with Gasteiger partial charge in [0.25, 0.3) is 0 Å². The molecule has 3 aromatic carbocycles. The van der Waals surface area contributed by atoms with Gasteiger partial charge in [-0.15, -0.1) is 0 Å². The van der Waals surface area contributed by atoms with Gasteiger partial charge in [0.1, 0.15) is 5.25 Å². The third-order valence-electron chi connectivity index (χ3n) is 4.13. The fourth-order valence-corrected chi connectivity index (χ4v) is 4.28. The fourth-order valence-electron chi connectivity index (χ4n) is 2.78. The molecule has 0 amide bonds. The van der Waals surface area contributed by atoms with E-state index >= 15 is 0 Å². The summed E-state index contributed by atoms with van der Waals surface area (Å²) in [7, 11) is -3.52. The van der Waals surface area contributed by atoms with E-state index in [1.54, 1.807) is 0 Å². The molecule has 3 rings (SSSR count). The molecule has 0 aromatic heterocycles. The molecule has 25 heavy (non-hydrogen) atoms. The molecular formula is C21H21NO2S. The SMILES string of the molecule is O=S(=O)(NCc1ccccc1)[C@H](Cc1ccccc1)c1ccccc1. The van der Waals surface area contributed by atoms with Crippen LogP contribution in [-0.2, 0) is 23.0 Å². The molecule has 128 valence electrons. The van der Waals surface area contributed by atoms with E-state index in [4.69, 9.17) is 0 Å².